The van der Waals surface area contributed by atoms with E-state index in [9.17, 15) is 9.59 Å². The summed E-state index contributed by atoms with van der Waals surface area (Å²) in [7, 11) is 0. The highest BCUT2D eigenvalue weighted by atomic mass is 35.5. The van der Waals surface area contributed by atoms with E-state index in [4.69, 9.17) is 16.7 Å². The Kier molecular flexibility index (Phi) is 3.43. The number of nitrogens with zero attached hydrogens (tertiary/aromatic N) is 1. The van der Waals surface area contributed by atoms with E-state index in [0.29, 0.717) is 21.6 Å². The van der Waals surface area contributed by atoms with Gasteiger partial charge in [0.25, 0.3) is 0 Å². The van der Waals surface area contributed by atoms with Gasteiger partial charge in [0.05, 0.1) is 16.2 Å². The number of amides is 1. The standard InChI is InChI=1S/C12H9ClN2O3/c13-8-3-4-9(15-10(16)6-11(17)18)7-2-1-5-14-12(7)8/h1-5H,6H2,(H,15,16)(H,17,18). The number of hydrogen-bond acceptors (Lipinski definition) is 3. The minimum Gasteiger partial charge on any atom is -0.481 e. The molecule has 0 spiro atoms. The lowest BCUT2D eigenvalue weighted by Gasteiger charge is -2.08. The van der Waals surface area contributed by atoms with Crippen LogP contribution in [0.15, 0.2) is 30.5 Å². The van der Waals surface area contributed by atoms with E-state index < -0.39 is 18.3 Å². The lowest BCUT2D eigenvalue weighted by molar-refractivity contribution is -0.139. The molecule has 1 heterocycles. The quantitative estimate of drug-likeness (QED) is 0.834. The van der Waals surface area contributed by atoms with Crippen molar-refractivity contribution in [1.29, 1.82) is 0 Å². The first-order valence-electron chi connectivity index (χ1n) is 5.13. The van der Waals surface area contributed by atoms with Crippen molar-refractivity contribution in [3.05, 3.63) is 35.5 Å². The van der Waals surface area contributed by atoms with Crippen LogP contribution >= 0.6 is 11.6 Å². The summed E-state index contributed by atoms with van der Waals surface area (Å²) in [6.45, 7) is 0. The maximum Gasteiger partial charge on any atom is 0.312 e. The first-order chi connectivity index (χ1) is 8.58. The van der Waals surface area contributed by atoms with Crippen molar-refractivity contribution in [2.45, 2.75) is 6.42 Å². The maximum atomic E-state index is 11.4. The summed E-state index contributed by atoms with van der Waals surface area (Å²) in [5, 5.41) is 12.2. The summed E-state index contributed by atoms with van der Waals surface area (Å²) in [6.07, 6.45) is 1.02. The predicted molar refractivity (Wildman–Crippen MR) is 67.6 cm³/mol. The summed E-state index contributed by atoms with van der Waals surface area (Å²) in [5.74, 6) is -1.76. The van der Waals surface area contributed by atoms with Crippen LogP contribution in [0.1, 0.15) is 6.42 Å². The molecule has 0 fully saturated rings. The molecule has 0 bridgehead atoms. The van der Waals surface area contributed by atoms with Crippen molar-refractivity contribution in [2.75, 3.05) is 5.32 Å². The fourth-order valence-corrected chi connectivity index (χ4v) is 1.79. The highest BCUT2D eigenvalue weighted by Crippen LogP contribution is 2.27. The third-order valence-electron chi connectivity index (χ3n) is 2.31. The monoisotopic (exact) mass is 264 g/mol. The van der Waals surface area contributed by atoms with Crippen LogP contribution in [-0.2, 0) is 9.59 Å². The molecule has 2 aromatic rings. The Balaban J connectivity index is 2.37. The highest BCUT2D eigenvalue weighted by molar-refractivity contribution is 6.35. The number of carbonyl (C=O) groups is 2. The number of pyridine rings is 1. The molecule has 6 heteroatoms. The average molecular weight is 265 g/mol. The largest absolute Gasteiger partial charge is 0.481 e. The molecule has 2 N–H and O–H groups in total. The normalized spacial score (nSPS) is 10.3. The smallest absolute Gasteiger partial charge is 0.312 e. The number of aliphatic carboxylic acids is 1. The van der Waals surface area contributed by atoms with E-state index in [2.05, 4.69) is 10.3 Å². The van der Waals surface area contributed by atoms with E-state index in [1.165, 1.54) is 0 Å². The molecule has 5 nitrogen and oxygen atoms in total. The summed E-state index contributed by atoms with van der Waals surface area (Å²) in [5.41, 5.74) is 1.06. The zero-order valence-electron chi connectivity index (χ0n) is 9.18. The number of benzene rings is 1. The number of anilines is 1. The molecular formula is C12H9ClN2O3. The van der Waals surface area contributed by atoms with E-state index in [-0.39, 0.29) is 0 Å². The van der Waals surface area contributed by atoms with Gasteiger partial charge in [0.2, 0.25) is 5.91 Å². The molecule has 1 aromatic carbocycles. The van der Waals surface area contributed by atoms with Crippen molar-refractivity contribution in [3.63, 3.8) is 0 Å². The van der Waals surface area contributed by atoms with Gasteiger partial charge in [-0.2, -0.15) is 0 Å². The zero-order valence-corrected chi connectivity index (χ0v) is 9.94. The van der Waals surface area contributed by atoms with Crippen molar-refractivity contribution >= 4 is 40.1 Å². The predicted octanol–water partition coefficient (Wildman–Crippen LogP) is 2.30. The topological polar surface area (TPSA) is 79.3 Å². The Morgan fingerprint density at radius 1 is 1.33 bits per heavy atom. The van der Waals surface area contributed by atoms with Gasteiger partial charge in [-0.05, 0) is 24.3 Å². The lowest BCUT2D eigenvalue weighted by atomic mass is 10.2. The highest BCUT2D eigenvalue weighted by Gasteiger charge is 2.11. The Morgan fingerprint density at radius 2 is 2.11 bits per heavy atom. The first kappa shape index (κ1) is 12.3. The molecule has 0 saturated carbocycles. The Morgan fingerprint density at radius 3 is 2.83 bits per heavy atom. The summed E-state index contributed by atoms with van der Waals surface area (Å²) in [4.78, 5) is 25.9. The van der Waals surface area contributed by atoms with Crippen LogP contribution in [0.2, 0.25) is 5.02 Å². The van der Waals surface area contributed by atoms with Crippen molar-refractivity contribution < 1.29 is 14.7 Å². The van der Waals surface area contributed by atoms with Gasteiger partial charge in [0, 0.05) is 11.6 Å². The molecule has 1 aromatic heterocycles. The van der Waals surface area contributed by atoms with Crippen LogP contribution < -0.4 is 5.32 Å². The van der Waals surface area contributed by atoms with Gasteiger partial charge in [0.15, 0.2) is 0 Å². The number of rotatable bonds is 3. The van der Waals surface area contributed by atoms with Crippen LogP contribution in [0.4, 0.5) is 5.69 Å². The number of aromatic nitrogens is 1. The van der Waals surface area contributed by atoms with E-state index >= 15 is 0 Å². The molecule has 0 aliphatic rings. The SMILES string of the molecule is O=C(O)CC(=O)Nc1ccc(Cl)c2ncccc12. The second-order valence-electron chi connectivity index (χ2n) is 3.61. The van der Waals surface area contributed by atoms with Crippen molar-refractivity contribution in [3.8, 4) is 0 Å². The first-order valence-corrected chi connectivity index (χ1v) is 5.50. The molecule has 0 aliphatic carbocycles. The average Bonchev–Trinajstić information content (AvgIpc) is 2.32. The van der Waals surface area contributed by atoms with Crippen LogP contribution in [0.3, 0.4) is 0 Å². The van der Waals surface area contributed by atoms with Gasteiger partial charge in [0.1, 0.15) is 6.42 Å². The maximum absolute atomic E-state index is 11.4. The van der Waals surface area contributed by atoms with Crippen molar-refractivity contribution in [2.24, 2.45) is 0 Å². The molecule has 0 radical (unpaired) electrons. The molecule has 0 atom stereocenters. The van der Waals surface area contributed by atoms with Crippen LogP contribution in [-0.4, -0.2) is 22.0 Å². The van der Waals surface area contributed by atoms with E-state index in [0.717, 1.165) is 0 Å². The van der Waals surface area contributed by atoms with E-state index in [1.807, 2.05) is 0 Å². The number of halogens is 1. The molecule has 2 rings (SSSR count). The molecule has 18 heavy (non-hydrogen) atoms. The second kappa shape index (κ2) is 5.01. The fourth-order valence-electron chi connectivity index (χ4n) is 1.58. The summed E-state index contributed by atoms with van der Waals surface area (Å²) >= 11 is 5.98. The Hall–Kier alpha value is -2.14. The number of carboxylic acid groups (broad SMARTS) is 1. The molecule has 0 aliphatic heterocycles. The van der Waals surface area contributed by atoms with Gasteiger partial charge in [-0.25, -0.2) is 0 Å². The lowest BCUT2D eigenvalue weighted by Crippen LogP contribution is -2.16. The minimum atomic E-state index is -1.18. The van der Waals surface area contributed by atoms with Crippen LogP contribution in [0.5, 0.6) is 0 Å². The third-order valence-corrected chi connectivity index (χ3v) is 2.61. The van der Waals surface area contributed by atoms with Gasteiger partial charge in [-0.15, -0.1) is 0 Å². The molecule has 92 valence electrons. The fraction of sp³-hybridized carbons (Fsp3) is 0.0833. The third kappa shape index (κ3) is 2.57. The number of carboxylic acids is 1. The van der Waals surface area contributed by atoms with Gasteiger partial charge in [-0.3, -0.25) is 14.6 Å². The number of nitrogens with one attached hydrogen (secondary N) is 1. The number of fused-ring (bicyclic) bond motifs is 1. The van der Waals surface area contributed by atoms with Gasteiger partial charge < -0.3 is 10.4 Å². The van der Waals surface area contributed by atoms with Crippen LogP contribution in [0.25, 0.3) is 10.9 Å². The van der Waals surface area contributed by atoms with E-state index in [1.54, 1.807) is 30.5 Å². The Labute approximate surface area is 107 Å². The Bertz CT molecular complexity index is 628. The second-order valence-corrected chi connectivity index (χ2v) is 4.02. The molecule has 1 amide bonds. The van der Waals surface area contributed by atoms with Gasteiger partial charge >= 0.3 is 5.97 Å². The number of hydrogen-bond donors (Lipinski definition) is 2. The van der Waals surface area contributed by atoms with Crippen molar-refractivity contribution in [1.82, 2.24) is 4.98 Å². The molecule has 0 unspecified atom stereocenters. The zero-order chi connectivity index (χ0) is 13.1. The number of carbonyl (C=O) groups excluding carboxylic acids is 1. The van der Waals surface area contributed by atoms with Crippen LogP contribution in [0, 0.1) is 0 Å². The summed E-state index contributed by atoms with van der Waals surface area (Å²) < 4.78 is 0. The molecular weight excluding hydrogens is 256 g/mol. The summed E-state index contributed by atoms with van der Waals surface area (Å²) in [6, 6.07) is 6.69. The van der Waals surface area contributed by atoms with Gasteiger partial charge in [-0.1, -0.05) is 11.6 Å². The molecule has 0 saturated heterocycles. The minimum absolute atomic E-state index is 0.474.